The van der Waals surface area contributed by atoms with Gasteiger partial charge in [-0.2, -0.15) is 13.2 Å². The molecule has 118 valence electrons. The molecule has 3 N–H and O–H groups in total. The molecule has 1 aromatic rings. The van der Waals surface area contributed by atoms with Crippen molar-refractivity contribution in [2.75, 3.05) is 6.54 Å². The Bertz CT molecular complexity index is 643. The fraction of sp³-hybridized carbons (Fsp3) is 0.300. The molecule has 0 heterocycles. The number of aliphatic hydroxyl groups excluding tert-OH is 1. The number of halogens is 4. The molecule has 1 rings (SSSR count). The molecule has 11 heteroatoms. The molecular formula is C10H9F4NO5S. The zero-order chi connectivity index (χ0) is 16.4. The number of aromatic carboxylic acids is 1. The maximum Gasteiger partial charge on any atom is 0.415 e. The van der Waals surface area contributed by atoms with Gasteiger partial charge in [-0.1, -0.05) is 0 Å². The fourth-order valence-corrected chi connectivity index (χ4v) is 2.36. The summed E-state index contributed by atoms with van der Waals surface area (Å²) in [6, 6.07) is 1.80. The molecule has 0 aromatic heterocycles. The van der Waals surface area contributed by atoms with E-state index in [1.54, 1.807) is 0 Å². The van der Waals surface area contributed by atoms with Gasteiger partial charge in [0.05, 0.1) is 5.56 Å². The van der Waals surface area contributed by atoms with E-state index >= 15 is 0 Å². The van der Waals surface area contributed by atoms with Crippen LogP contribution in [-0.4, -0.2) is 43.4 Å². The predicted octanol–water partition coefficient (Wildman–Crippen LogP) is 0.725. The van der Waals surface area contributed by atoms with Crippen LogP contribution in [-0.2, 0) is 10.0 Å². The normalized spacial score (nSPS) is 14.0. The van der Waals surface area contributed by atoms with E-state index in [0.717, 1.165) is 6.07 Å². The number of carboxylic acids is 1. The van der Waals surface area contributed by atoms with Crippen molar-refractivity contribution in [1.82, 2.24) is 4.72 Å². The Morgan fingerprint density at radius 1 is 1.33 bits per heavy atom. The van der Waals surface area contributed by atoms with Gasteiger partial charge in [-0.25, -0.2) is 22.3 Å². The van der Waals surface area contributed by atoms with E-state index in [4.69, 9.17) is 10.2 Å². The van der Waals surface area contributed by atoms with Crippen LogP contribution in [0.1, 0.15) is 10.4 Å². The molecule has 21 heavy (non-hydrogen) atoms. The average Bonchev–Trinajstić information content (AvgIpc) is 2.34. The van der Waals surface area contributed by atoms with E-state index in [2.05, 4.69) is 0 Å². The van der Waals surface area contributed by atoms with E-state index < -0.39 is 51.1 Å². The smallest absolute Gasteiger partial charge is 0.415 e. The summed E-state index contributed by atoms with van der Waals surface area (Å²) in [5.41, 5.74) is -0.562. The maximum absolute atomic E-state index is 13.4. The molecule has 0 aliphatic heterocycles. The number of aliphatic hydroxyl groups is 1. The van der Waals surface area contributed by atoms with Crippen molar-refractivity contribution in [1.29, 1.82) is 0 Å². The SMILES string of the molecule is O=C(O)c1ccc(F)c(S(=O)(=O)NCC(O)C(F)(F)F)c1. The monoisotopic (exact) mass is 331 g/mol. The van der Waals surface area contributed by atoms with Crippen molar-refractivity contribution in [2.45, 2.75) is 17.2 Å². The molecule has 0 amide bonds. The number of rotatable bonds is 5. The molecule has 0 radical (unpaired) electrons. The molecule has 1 unspecified atom stereocenters. The van der Waals surface area contributed by atoms with E-state index in [1.165, 1.54) is 4.72 Å². The molecule has 0 saturated heterocycles. The van der Waals surface area contributed by atoms with Gasteiger partial charge in [-0.05, 0) is 18.2 Å². The Labute approximate surface area is 116 Å². The maximum atomic E-state index is 13.4. The third-order valence-electron chi connectivity index (χ3n) is 2.31. The summed E-state index contributed by atoms with van der Waals surface area (Å²) < 4.78 is 74.1. The number of hydrogen-bond donors (Lipinski definition) is 3. The van der Waals surface area contributed by atoms with E-state index in [0.29, 0.717) is 12.1 Å². The summed E-state index contributed by atoms with van der Waals surface area (Å²) in [6.45, 7) is -1.43. The van der Waals surface area contributed by atoms with Gasteiger partial charge >= 0.3 is 12.1 Å². The first-order valence-electron chi connectivity index (χ1n) is 5.22. The van der Waals surface area contributed by atoms with Gasteiger partial charge in [0.1, 0.15) is 10.7 Å². The van der Waals surface area contributed by atoms with Crippen LogP contribution in [0.2, 0.25) is 0 Å². The number of carbonyl (C=O) groups is 1. The second-order valence-corrected chi connectivity index (χ2v) is 5.60. The van der Waals surface area contributed by atoms with Gasteiger partial charge in [0.2, 0.25) is 10.0 Å². The molecule has 0 aliphatic rings. The lowest BCUT2D eigenvalue weighted by atomic mass is 10.2. The number of carboxylic acid groups (broad SMARTS) is 1. The van der Waals surface area contributed by atoms with Crippen LogP contribution in [0.25, 0.3) is 0 Å². The zero-order valence-corrected chi connectivity index (χ0v) is 10.9. The van der Waals surface area contributed by atoms with Crippen LogP contribution >= 0.6 is 0 Å². The van der Waals surface area contributed by atoms with E-state index in [1.807, 2.05) is 0 Å². The topological polar surface area (TPSA) is 104 Å². The van der Waals surface area contributed by atoms with Gasteiger partial charge in [0, 0.05) is 6.54 Å². The van der Waals surface area contributed by atoms with Gasteiger partial charge in [0.15, 0.2) is 6.10 Å². The lowest BCUT2D eigenvalue weighted by molar-refractivity contribution is -0.200. The summed E-state index contributed by atoms with van der Waals surface area (Å²) >= 11 is 0. The molecule has 0 fully saturated rings. The largest absolute Gasteiger partial charge is 0.478 e. The third kappa shape index (κ3) is 4.37. The highest BCUT2D eigenvalue weighted by Crippen LogP contribution is 2.21. The van der Waals surface area contributed by atoms with Crippen molar-refractivity contribution in [2.24, 2.45) is 0 Å². The van der Waals surface area contributed by atoms with Crippen LogP contribution in [0, 0.1) is 5.82 Å². The Hall–Kier alpha value is -1.72. The van der Waals surface area contributed by atoms with Crippen molar-refractivity contribution in [3.63, 3.8) is 0 Å². The first-order chi connectivity index (χ1) is 9.45. The first-order valence-corrected chi connectivity index (χ1v) is 6.71. The van der Waals surface area contributed by atoms with Crippen molar-refractivity contribution in [3.8, 4) is 0 Å². The standard InChI is InChI=1S/C10H9F4NO5S/c11-6-2-1-5(9(17)18)3-7(6)21(19,20)15-4-8(16)10(12,13)14/h1-3,8,15-16H,4H2,(H,17,18). The van der Waals surface area contributed by atoms with Crippen molar-refractivity contribution >= 4 is 16.0 Å². The number of alkyl halides is 3. The Balaban J connectivity index is 3.03. The summed E-state index contributed by atoms with van der Waals surface area (Å²) in [7, 11) is -4.75. The van der Waals surface area contributed by atoms with Crippen LogP contribution < -0.4 is 4.72 Å². The van der Waals surface area contributed by atoms with Crippen LogP contribution in [0.5, 0.6) is 0 Å². The number of sulfonamides is 1. The first kappa shape index (κ1) is 17.3. The summed E-state index contributed by atoms with van der Waals surface area (Å²) in [6.07, 6.45) is -8.03. The molecule has 0 saturated carbocycles. The molecule has 1 atom stereocenters. The van der Waals surface area contributed by atoms with Crippen LogP contribution in [0.15, 0.2) is 23.1 Å². The third-order valence-corrected chi connectivity index (χ3v) is 3.75. The van der Waals surface area contributed by atoms with E-state index in [9.17, 15) is 30.8 Å². The predicted molar refractivity (Wildman–Crippen MR) is 60.6 cm³/mol. The highest BCUT2D eigenvalue weighted by atomic mass is 32.2. The van der Waals surface area contributed by atoms with Gasteiger partial charge in [0.25, 0.3) is 0 Å². The Morgan fingerprint density at radius 2 is 1.90 bits per heavy atom. The summed E-state index contributed by atoms with van der Waals surface area (Å²) in [5.74, 6) is -2.88. The highest BCUT2D eigenvalue weighted by molar-refractivity contribution is 7.89. The minimum absolute atomic E-state index is 0.458. The van der Waals surface area contributed by atoms with Crippen LogP contribution in [0.4, 0.5) is 17.6 Å². The minimum atomic E-state index is -5.05. The van der Waals surface area contributed by atoms with Gasteiger partial charge < -0.3 is 10.2 Å². The summed E-state index contributed by atoms with van der Waals surface area (Å²) in [5, 5.41) is 17.3. The zero-order valence-electron chi connectivity index (χ0n) is 10.1. The highest BCUT2D eigenvalue weighted by Gasteiger charge is 2.39. The molecule has 0 spiro atoms. The lowest BCUT2D eigenvalue weighted by Gasteiger charge is -2.15. The Morgan fingerprint density at radius 3 is 2.38 bits per heavy atom. The molecular weight excluding hydrogens is 322 g/mol. The van der Waals surface area contributed by atoms with Crippen molar-refractivity contribution in [3.05, 3.63) is 29.6 Å². The number of benzene rings is 1. The fourth-order valence-electron chi connectivity index (χ4n) is 1.22. The van der Waals surface area contributed by atoms with E-state index in [-0.39, 0.29) is 0 Å². The average molecular weight is 331 g/mol. The minimum Gasteiger partial charge on any atom is -0.478 e. The molecule has 6 nitrogen and oxygen atoms in total. The molecule has 0 bridgehead atoms. The van der Waals surface area contributed by atoms with Crippen molar-refractivity contribution < 1.29 is 41.0 Å². The van der Waals surface area contributed by atoms with Crippen LogP contribution in [0.3, 0.4) is 0 Å². The quantitative estimate of drug-likeness (QED) is 0.690. The molecule has 0 aliphatic carbocycles. The Kier molecular flexibility index (Phi) is 4.91. The van der Waals surface area contributed by atoms with Gasteiger partial charge in [-0.3, -0.25) is 0 Å². The second kappa shape index (κ2) is 5.95. The second-order valence-electron chi connectivity index (χ2n) is 3.86. The lowest BCUT2D eigenvalue weighted by Crippen LogP contribution is -2.40. The van der Waals surface area contributed by atoms with Gasteiger partial charge in [-0.15, -0.1) is 0 Å². The molecule has 1 aromatic carbocycles. The number of hydrogen-bond acceptors (Lipinski definition) is 4. The number of nitrogens with one attached hydrogen (secondary N) is 1. The summed E-state index contributed by atoms with van der Waals surface area (Å²) in [4.78, 5) is 9.53.